The van der Waals surface area contributed by atoms with Crippen LogP contribution in [0.4, 0.5) is 0 Å². The topological polar surface area (TPSA) is 93.1 Å². The monoisotopic (exact) mass is 453 g/mol. The molecule has 7 heteroatoms. The maximum Gasteiger partial charge on any atom is 0.227 e. The van der Waals surface area contributed by atoms with E-state index in [1.54, 1.807) is 36.1 Å². The Morgan fingerprint density at radius 1 is 1.00 bits per heavy atom. The van der Waals surface area contributed by atoms with Gasteiger partial charge in [-0.2, -0.15) is 0 Å². The summed E-state index contributed by atoms with van der Waals surface area (Å²) in [6.07, 6.45) is 0.424. The molecular formula is C26H35N3O4. The molecule has 1 atom stereocenters. The molecule has 2 amide bonds. The fourth-order valence-corrected chi connectivity index (χ4v) is 4.17. The number of phenols is 1. The number of hydrogen-bond donors (Lipinski definition) is 3. The van der Waals surface area contributed by atoms with Crippen molar-refractivity contribution in [2.45, 2.75) is 45.3 Å². The van der Waals surface area contributed by atoms with E-state index in [4.69, 9.17) is 0 Å². The van der Waals surface area contributed by atoms with Crippen molar-refractivity contribution in [1.82, 2.24) is 15.1 Å². The first kappa shape index (κ1) is 24.7. The van der Waals surface area contributed by atoms with Crippen molar-refractivity contribution in [1.29, 1.82) is 0 Å². The predicted molar refractivity (Wildman–Crippen MR) is 128 cm³/mol. The van der Waals surface area contributed by atoms with E-state index < -0.39 is 6.10 Å². The Balaban J connectivity index is 1.52. The molecule has 1 fully saturated rings. The van der Waals surface area contributed by atoms with Crippen LogP contribution in [0.15, 0.2) is 48.5 Å². The van der Waals surface area contributed by atoms with Gasteiger partial charge in [0.15, 0.2) is 0 Å². The summed E-state index contributed by atoms with van der Waals surface area (Å²) >= 11 is 0. The zero-order valence-corrected chi connectivity index (χ0v) is 19.8. The summed E-state index contributed by atoms with van der Waals surface area (Å²) in [5.41, 5.74) is 2.59. The van der Waals surface area contributed by atoms with Crippen LogP contribution < -0.4 is 5.32 Å². The van der Waals surface area contributed by atoms with Gasteiger partial charge in [0, 0.05) is 45.2 Å². The minimum atomic E-state index is -0.669. The number of amides is 2. The molecule has 0 bridgehead atoms. The lowest BCUT2D eigenvalue weighted by atomic mass is 9.93. The number of rotatable bonds is 8. The zero-order valence-electron chi connectivity index (χ0n) is 19.8. The molecule has 3 N–H and O–H groups in total. The number of nitrogens with one attached hydrogen (secondary N) is 1. The van der Waals surface area contributed by atoms with Gasteiger partial charge >= 0.3 is 0 Å². The van der Waals surface area contributed by atoms with E-state index >= 15 is 0 Å². The van der Waals surface area contributed by atoms with E-state index in [2.05, 4.69) is 31.3 Å². The molecule has 0 aliphatic carbocycles. The Labute approximate surface area is 196 Å². The molecule has 2 aromatic rings. The molecule has 1 unspecified atom stereocenters. The number of carbonyl (C=O) groups excluding carboxylic acids is 2. The number of nitrogens with zero attached hydrogens (tertiary/aromatic N) is 2. The summed E-state index contributed by atoms with van der Waals surface area (Å²) in [4.78, 5) is 27.8. The molecule has 178 valence electrons. The Hall–Kier alpha value is -2.90. The highest BCUT2D eigenvalue weighted by Gasteiger charge is 2.23. The highest BCUT2D eigenvalue weighted by molar-refractivity contribution is 5.79. The first-order valence-electron chi connectivity index (χ1n) is 11.5. The lowest BCUT2D eigenvalue weighted by molar-refractivity contribution is -0.138. The number of benzene rings is 2. The van der Waals surface area contributed by atoms with Gasteiger partial charge in [-0.25, -0.2) is 0 Å². The molecule has 3 rings (SSSR count). The maximum atomic E-state index is 12.7. The summed E-state index contributed by atoms with van der Waals surface area (Å²) in [7, 11) is 0. The Bertz CT molecular complexity index is 950. The molecule has 7 nitrogen and oxygen atoms in total. The molecule has 33 heavy (non-hydrogen) atoms. The summed E-state index contributed by atoms with van der Waals surface area (Å²) < 4.78 is 0. The fourth-order valence-electron chi connectivity index (χ4n) is 4.17. The van der Waals surface area contributed by atoms with E-state index in [1.807, 2.05) is 17.0 Å². The van der Waals surface area contributed by atoms with E-state index in [9.17, 15) is 19.8 Å². The van der Waals surface area contributed by atoms with Crippen LogP contribution in [0.2, 0.25) is 0 Å². The molecular weight excluding hydrogens is 418 g/mol. The van der Waals surface area contributed by atoms with E-state index in [1.165, 1.54) is 0 Å². The largest absolute Gasteiger partial charge is 0.508 e. The summed E-state index contributed by atoms with van der Waals surface area (Å²) in [6, 6.07) is 14.7. The van der Waals surface area contributed by atoms with Crippen molar-refractivity contribution in [3.05, 3.63) is 65.2 Å². The van der Waals surface area contributed by atoms with Crippen molar-refractivity contribution in [2.24, 2.45) is 0 Å². The molecule has 1 saturated heterocycles. The Morgan fingerprint density at radius 2 is 1.61 bits per heavy atom. The summed E-state index contributed by atoms with van der Waals surface area (Å²) in [5, 5.41) is 23.3. The second-order valence-electron chi connectivity index (χ2n) is 9.43. The van der Waals surface area contributed by atoms with E-state index in [0.29, 0.717) is 39.1 Å². The Morgan fingerprint density at radius 3 is 2.24 bits per heavy atom. The molecule has 1 aliphatic heterocycles. The third-order valence-electron chi connectivity index (χ3n) is 6.12. The van der Waals surface area contributed by atoms with Gasteiger partial charge in [-0.3, -0.25) is 9.59 Å². The Kier molecular flexibility index (Phi) is 8.10. The fraction of sp³-hybridized carbons (Fsp3) is 0.462. The van der Waals surface area contributed by atoms with Crippen LogP contribution in [0.1, 0.15) is 43.6 Å². The SMILES string of the molecule is CC(=O)N1CCN(C(=O)Cc2cccc(CC(C)(C)NCC(O)c3ccc(O)cc3)c2)CC1. The minimum Gasteiger partial charge on any atom is -0.508 e. The summed E-state index contributed by atoms with van der Waals surface area (Å²) in [5.74, 6) is 0.322. The van der Waals surface area contributed by atoms with Crippen molar-refractivity contribution < 1.29 is 19.8 Å². The van der Waals surface area contributed by atoms with E-state index in [-0.39, 0.29) is 23.1 Å². The lowest BCUT2D eigenvalue weighted by Crippen LogP contribution is -2.50. The number of aliphatic hydroxyl groups excluding tert-OH is 1. The number of phenolic OH excluding ortho intramolecular Hbond substituents is 1. The van der Waals surface area contributed by atoms with Gasteiger partial charge in [0.05, 0.1) is 12.5 Å². The highest BCUT2D eigenvalue weighted by atomic mass is 16.3. The number of aliphatic hydroxyl groups is 1. The van der Waals surface area contributed by atoms with Crippen molar-refractivity contribution in [3.63, 3.8) is 0 Å². The average molecular weight is 454 g/mol. The zero-order chi connectivity index (χ0) is 24.0. The average Bonchev–Trinajstić information content (AvgIpc) is 2.78. The minimum absolute atomic E-state index is 0.0570. The number of hydrogen-bond acceptors (Lipinski definition) is 5. The van der Waals surface area contributed by atoms with E-state index in [0.717, 1.165) is 23.1 Å². The highest BCUT2D eigenvalue weighted by Crippen LogP contribution is 2.19. The van der Waals surface area contributed by atoms with Crippen LogP contribution in [-0.4, -0.2) is 70.1 Å². The van der Waals surface area contributed by atoms with Gasteiger partial charge in [0.25, 0.3) is 0 Å². The number of aromatic hydroxyl groups is 1. The van der Waals surface area contributed by atoms with Crippen molar-refractivity contribution in [3.8, 4) is 5.75 Å². The molecule has 1 heterocycles. The third-order valence-corrected chi connectivity index (χ3v) is 6.12. The third kappa shape index (κ3) is 7.30. The maximum absolute atomic E-state index is 12.7. The van der Waals surface area contributed by atoms with Crippen LogP contribution in [0, 0.1) is 0 Å². The van der Waals surface area contributed by atoms with Gasteiger partial charge in [-0.15, -0.1) is 0 Å². The second kappa shape index (κ2) is 10.8. The molecule has 1 aliphatic rings. The van der Waals surface area contributed by atoms with Crippen LogP contribution >= 0.6 is 0 Å². The van der Waals surface area contributed by atoms with Gasteiger partial charge in [-0.1, -0.05) is 36.4 Å². The number of β-amino-alcohol motifs (C(OH)–C–C–N with tert-alkyl or cyclic N) is 1. The predicted octanol–water partition coefficient (Wildman–Crippen LogP) is 2.27. The lowest BCUT2D eigenvalue weighted by Gasteiger charge is -2.34. The van der Waals surface area contributed by atoms with Gasteiger partial charge in [-0.05, 0) is 49.1 Å². The normalized spacial score (nSPS) is 15.4. The van der Waals surface area contributed by atoms with Gasteiger partial charge in [0.2, 0.25) is 11.8 Å². The second-order valence-corrected chi connectivity index (χ2v) is 9.43. The summed E-state index contributed by atoms with van der Waals surface area (Å²) in [6.45, 7) is 8.48. The first-order chi connectivity index (χ1) is 15.6. The first-order valence-corrected chi connectivity index (χ1v) is 11.5. The molecule has 2 aromatic carbocycles. The quantitative estimate of drug-likeness (QED) is 0.570. The van der Waals surface area contributed by atoms with Crippen molar-refractivity contribution >= 4 is 11.8 Å². The molecule has 0 aromatic heterocycles. The standard InChI is InChI=1S/C26H35N3O4/c1-19(30)28-11-13-29(14-12-28)25(33)16-20-5-4-6-21(15-20)17-26(2,3)27-18-24(32)22-7-9-23(31)10-8-22/h4-10,15,24,27,31-32H,11-14,16-18H2,1-3H3. The number of piperazine rings is 1. The van der Waals surface area contributed by atoms with Crippen LogP contribution in [0.5, 0.6) is 5.75 Å². The molecule has 0 saturated carbocycles. The molecule has 0 spiro atoms. The van der Waals surface area contributed by atoms with Crippen LogP contribution in [0.25, 0.3) is 0 Å². The smallest absolute Gasteiger partial charge is 0.227 e. The van der Waals surface area contributed by atoms with Gasteiger partial charge in [0.1, 0.15) is 5.75 Å². The molecule has 0 radical (unpaired) electrons. The van der Waals surface area contributed by atoms with Gasteiger partial charge < -0.3 is 25.3 Å². The van der Waals surface area contributed by atoms with Crippen molar-refractivity contribution in [2.75, 3.05) is 32.7 Å². The van der Waals surface area contributed by atoms with Crippen LogP contribution in [0.3, 0.4) is 0 Å². The van der Waals surface area contributed by atoms with Crippen LogP contribution in [-0.2, 0) is 22.4 Å². The number of carbonyl (C=O) groups is 2.